The van der Waals surface area contributed by atoms with Crippen LogP contribution in [0.15, 0.2) is 0 Å². The fourth-order valence-electron chi connectivity index (χ4n) is 3.62. The Kier molecular flexibility index (Phi) is 16.5. The molecule has 3 unspecified atom stereocenters. The van der Waals surface area contributed by atoms with E-state index in [1.807, 2.05) is 0 Å². The van der Waals surface area contributed by atoms with Gasteiger partial charge in [0.25, 0.3) is 0 Å². The number of nitrogens with one attached hydrogen (secondary N) is 1. The minimum absolute atomic E-state index is 0.198. The van der Waals surface area contributed by atoms with Crippen LogP contribution in [0.1, 0.15) is 98.3 Å². The molecule has 0 aromatic carbocycles. The van der Waals surface area contributed by atoms with Crippen molar-refractivity contribution in [1.82, 2.24) is 5.32 Å². The van der Waals surface area contributed by atoms with E-state index in [-0.39, 0.29) is 11.8 Å². The van der Waals surface area contributed by atoms with Crippen LogP contribution in [0.2, 0.25) is 0 Å². The molecule has 0 fully saturated rings. The number of hydrogen-bond donors (Lipinski definition) is 1. The summed E-state index contributed by atoms with van der Waals surface area (Å²) in [6.07, 6.45) is 13.1. The fraction of sp³-hybridized carbons (Fsp3) is 0.955. The molecule has 3 atom stereocenters. The Morgan fingerprint density at radius 1 is 0.840 bits per heavy atom. The molecular formula is C22H45NO2. The second-order valence-corrected chi connectivity index (χ2v) is 7.98. The molecular weight excluding hydrogens is 310 g/mol. The molecule has 0 aliphatic heterocycles. The molecule has 1 amide bonds. The molecule has 0 aliphatic rings. The zero-order valence-corrected chi connectivity index (χ0v) is 17.7. The van der Waals surface area contributed by atoms with E-state index in [0.717, 1.165) is 37.6 Å². The highest BCUT2D eigenvalue weighted by atomic mass is 16.5. The van der Waals surface area contributed by atoms with Crippen LogP contribution in [-0.4, -0.2) is 26.2 Å². The van der Waals surface area contributed by atoms with Crippen molar-refractivity contribution in [1.29, 1.82) is 0 Å². The fourth-order valence-corrected chi connectivity index (χ4v) is 3.62. The van der Waals surface area contributed by atoms with Crippen molar-refractivity contribution >= 4 is 5.91 Å². The number of unbranched alkanes of at least 4 members (excludes halogenated alkanes) is 1. The lowest BCUT2D eigenvalue weighted by atomic mass is 9.89. The summed E-state index contributed by atoms with van der Waals surface area (Å²) in [5.74, 6) is 2.03. The Bertz CT molecular complexity index is 306. The van der Waals surface area contributed by atoms with Crippen LogP contribution < -0.4 is 5.32 Å². The Morgan fingerprint density at radius 3 is 2.04 bits per heavy atom. The summed E-state index contributed by atoms with van der Waals surface area (Å²) in [5.41, 5.74) is 0. The van der Waals surface area contributed by atoms with Crippen LogP contribution in [0.5, 0.6) is 0 Å². The van der Waals surface area contributed by atoms with E-state index in [4.69, 9.17) is 4.74 Å². The Hall–Kier alpha value is -0.570. The van der Waals surface area contributed by atoms with Crippen molar-refractivity contribution in [2.45, 2.75) is 98.3 Å². The van der Waals surface area contributed by atoms with Gasteiger partial charge in [0.1, 0.15) is 0 Å². The summed E-state index contributed by atoms with van der Waals surface area (Å²) >= 11 is 0. The zero-order chi connectivity index (χ0) is 18.9. The standard InChI is InChI=1S/C22H45NO2/c1-6-11-19(3)13-8-9-14-21(16-15-20(4)12-7-2)22(24)23-17-10-18-25-5/h19-21H,6-18H2,1-5H3,(H,23,24). The van der Waals surface area contributed by atoms with E-state index in [2.05, 4.69) is 33.0 Å². The third kappa shape index (κ3) is 14.3. The van der Waals surface area contributed by atoms with Crippen molar-refractivity contribution in [2.75, 3.05) is 20.3 Å². The highest BCUT2D eigenvalue weighted by Crippen LogP contribution is 2.23. The van der Waals surface area contributed by atoms with Gasteiger partial charge in [0, 0.05) is 26.2 Å². The maximum Gasteiger partial charge on any atom is 0.223 e. The summed E-state index contributed by atoms with van der Waals surface area (Å²) in [5, 5.41) is 3.12. The van der Waals surface area contributed by atoms with Gasteiger partial charge in [-0.1, -0.05) is 72.6 Å². The van der Waals surface area contributed by atoms with Crippen LogP contribution in [-0.2, 0) is 9.53 Å². The minimum Gasteiger partial charge on any atom is -0.385 e. The van der Waals surface area contributed by atoms with E-state index < -0.39 is 0 Å². The number of methoxy groups -OCH3 is 1. The molecule has 0 saturated heterocycles. The highest BCUT2D eigenvalue weighted by molar-refractivity contribution is 5.78. The third-order valence-corrected chi connectivity index (χ3v) is 5.27. The lowest BCUT2D eigenvalue weighted by Gasteiger charge is -2.19. The minimum atomic E-state index is 0.198. The predicted octanol–water partition coefficient (Wildman–Crippen LogP) is 5.97. The van der Waals surface area contributed by atoms with Crippen molar-refractivity contribution in [3.05, 3.63) is 0 Å². The van der Waals surface area contributed by atoms with Gasteiger partial charge in [-0.05, 0) is 37.5 Å². The largest absolute Gasteiger partial charge is 0.385 e. The molecule has 0 spiro atoms. The third-order valence-electron chi connectivity index (χ3n) is 5.27. The highest BCUT2D eigenvalue weighted by Gasteiger charge is 2.18. The smallest absolute Gasteiger partial charge is 0.223 e. The zero-order valence-electron chi connectivity index (χ0n) is 17.7. The molecule has 150 valence electrons. The first-order chi connectivity index (χ1) is 12.0. The van der Waals surface area contributed by atoms with Gasteiger partial charge in [-0.15, -0.1) is 0 Å². The number of amides is 1. The predicted molar refractivity (Wildman–Crippen MR) is 109 cm³/mol. The van der Waals surface area contributed by atoms with Gasteiger partial charge in [0.2, 0.25) is 5.91 Å². The molecule has 25 heavy (non-hydrogen) atoms. The van der Waals surface area contributed by atoms with Gasteiger partial charge >= 0.3 is 0 Å². The number of rotatable bonds is 17. The van der Waals surface area contributed by atoms with Gasteiger partial charge in [0.15, 0.2) is 0 Å². The number of hydrogen-bond acceptors (Lipinski definition) is 2. The van der Waals surface area contributed by atoms with Gasteiger partial charge in [-0.25, -0.2) is 0 Å². The molecule has 0 bridgehead atoms. The van der Waals surface area contributed by atoms with Crippen molar-refractivity contribution in [2.24, 2.45) is 17.8 Å². The van der Waals surface area contributed by atoms with Gasteiger partial charge < -0.3 is 10.1 Å². The van der Waals surface area contributed by atoms with Crippen molar-refractivity contribution in [3.63, 3.8) is 0 Å². The molecule has 0 aromatic rings. The molecule has 0 radical (unpaired) electrons. The molecule has 0 aliphatic carbocycles. The number of ether oxygens (including phenoxy) is 1. The number of carbonyl (C=O) groups excluding carboxylic acids is 1. The maximum absolute atomic E-state index is 12.6. The summed E-state index contributed by atoms with van der Waals surface area (Å²) in [6, 6.07) is 0. The van der Waals surface area contributed by atoms with Crippen LogP contribution in [0.3, 0.4) is 0 Å². The lowest BCUT2D eigenvalue weighted by molar-refractivity contribution is -0.125. The summed E-state index contributed by atoms with van der Waals surface area (Å²) in [4.78, 5) is 12.6. The van der Waals surface area contributed by atoms with E-state index in [1.165, 1.54) is 51.4 Å². The Labute approximate surface area is 157 Å². The maximum atomic E-state index is 12.6. The molecule has 0 heterocycles. The van der Waals surface area contributed by atoms with E-state index >= 15 is 0 Å². The number of carbonyl (C=O) groups is 1. The molecule has 0 rings (SSSR count). The van der Waals surface area contributed by atoms with E-state index in [0.29, 0.717) is 6.61 Å². The monoisotopic (exact) mass is 355 g/mol. The SMILES string of the molecule is CCCC(C)CCCCC(CCC(C)CCC)C(=O)NCCCOC. The van der Waals surface area contributed by atoms with Crippen molar-refractivity contribution < 1.29 is 9.53 Å². The normalized spacial score (nSPS) is 14.9. The van der Waals surface area contributed by atoms with Gasteiger partial charge in [-0.3, -0.25) is 4.79 Å². The second-order valence-electron chi connectivity index (χ2n) is 7.98. The summed E-state index contributed by atoms with van der Waals surface area (Å²) in [7, 11) is 1.71. The average molecular weight is 356 g/mol. The summed E-state index contributed by atoms with van der Waals surface area (Å²) < 4.78 is 5.06. The van der Waals surface area contributed by atoms with Crippen LogP contribution in [0.4, 0.5) is 0 Å². The average Bonchev–Trinajstić information content (AvgIpc) is 2.58. The van der Waals surface area contributed by atoms with E-state index in [9.17, 15) is 4.79 Å². The van der Waals surface area contributed by atoms with Gasteiger partial charge in [0.05, 0.1) is 0 Å². The quantitative estimate of drug-likeness (QED) is 0.326. The Morgan fingerprint density at radius 2 is 1.44 bits per heavy atom. The molecule has 3 heteroatoms. The molecule has 0 aromatic heterocycles. The topological polar surface area (TPSA) is 38.3 Å². The Balaban J connectivity index is 4.24. The lowest BCUT2D eigenvalue weighted by Crippen LogP contribution is -2.32. The first-order valence-electron chi connectivity index (χ1n) is 10.8. The van der Waals surface area contributed by atoms with Crippen molar-refractivity contribution in [3.8, 4) is 0 Å². The van der Waals surface area contributed by atoms with Crippen LogP contribution >= 0.6 is 0 Å². The molecule has 0 saturated carbocycles. The first kappa shape index (κ1) is 24.4. The van der Waals surface area contributed by atoms with Crippen LogP contribution in [0.25, 0.3) is 0 Å². The van der Waals surface area contributed by atoms with Gasteiger partial charge in [-0.2, -0.15) is 0 Å². The van der Waals surface area contributed by atoms with Crippen LogP contribution in [0, 0.1) is 17.8 Å². The van der Waals surface area contributed by atoms with E-state index in [1.54, 1.807) is 7.11 Å². The summed E-state index contributed by atoms with van der Waals surface area (Å²) in [6.45, 7) is 10.6. The first-order valence-corrected chi connectivity index (χ1v) is 10.8. The molecule has 1 N–H and O–H groups in total. The second kappa shape index (κ2) is 16.9. The molecule has 3 nitrogen and oxygen atoms in total.